The lowest BCUT2D eigenvalue weighted by Gasteiger charge is -2.31. The summed E-state index contributed by atoms with van der Waals surface area (Å²) in [5, 5.41) is 2.30. The van der Waals surface area contributed by atoms with Crippen LogP contribution in [-0.4, -0.2) is 0 Å². The number of hydrogen-bond acceptors (Lipinski definition) is 2. The lowest BCUT2D eigenvalue weighted by Crippen LogP contribution is -2.21. The minimum absolute atomic E-state index is 0.0673. The van der Waals surface area contributed by atoms with E-state index in [4.69, 9.17) is 4.42 Å². The fraction of sp³-hybridized carbons (Fsp3) is 0.222. The average Bonchev–Trinajstić information content (AvgIpc) is 3.97. The Kier molecular flexibility index (Phi) is 7.07. The van der Waals surface area contributed by atoms with Crippen molar-refractivity contribution in [2.24, 2.45) is 0 Å². The monoisotopic (exact) mass is 725 g/mol. The summed E-state index contributed by atoms with van der Waals surface area (Å²) >= 11 is 0. The van der Waals surface area contributed by atoms with E-state index in [1.54, 1.807) is 0 Å². The Hall–Kier alpha value is -5.86. The number of benzene rings is 7. The molecule has 0 radical (unpaired) electrons. The van der Waals surface area contributed by atoms with Crippen LogP contribution in [0.3, 0.4) is 0 Å². The first kappa shape index (κ1) is 33.5. The summed E-state index contributed by atoms with van der Waals surface area (Å²) in [6.45, 7) is 11.6. The van der Waals surface area contributed by atoms with Crippen LogP contribution >= 0.6 is 0 Å². The van der Waals surface area contributed by atoms with Crippen LogP contribution in [0.5, 0.6) is 0 Å². The van der Waals surface area contributed by atoms with Gasteiger partial charge in [0, 0.05) is 39.0 Å². The molecular formula is C54H47NO. The quantitative estimate of drug-likeness (QED) is 0.180. The number of anilines is 3. The van der Waals surface area contributed by atoms with Crippen molar-refractivity contribution in [1.82, 2.24) is 0 Å². The Morgan fingerprint density at radius 3 is 1.80 bits per heavy atom. The Bertz CT molecular complexity index is 2870. The predicted octanol–water partition coefficient (Wildman–Crippen LogP) is 15.2. The topological polar surface area (TPSA) is 16.4 Å². The van der Waals surface area contributed by atoms with Crippen LogP contribution in [0.25, 0.3) is 55.3 Å². The second-order valence-electron chi connectivity index (χ2n) is 18.1. The molecule has 7 aromatic carbocycles. The van der Waals surface area contributed by atoms with Gasteiger partial charge in [-0.3, -0.25) is 0 Å². The Morgan fingerprint density at radius 2 is 1.09 bits per heavy atom. The lowest BCUT2D eigenvalue weighted by atomic mass is 9.76. The van der Waals surface area contributed by atoms with Crippen LogP contribution in [0, 0.1) is 0 Å². The number of rotatable bonds is 4. The third kappa shape index (κ3) is 4.75. The minimum atomic E-state index is -0.121. The first-order valence-electron chi connectivity index (χ1n) is 20.5. The molecule has 0 bridgehead atoms. The number of nitrogens with zero attached hydrogens (tertiary/aromatic N) is 1. The maximum absolute atomic E-state index is 6.77. The van der Waals surface area contributed by atoms with Crippen molar-refractivity contribution >= 4 is 39.0 Å². The molecular weight excluding hydrogens is 679 g/mol. The molecule has 0 N–H and O–H groups in total. The zero-order chi connectivity index (χ0) is 38.0. The van der Waals surface area contributed by atoms with Gasteiger partial charge in [-0.15, -0.1) is 0 Å². The standard InChI is InChI=1S/C54H47NO/c1-52(2,3)35-22-20-34(21-23-35)44-30-38(33-50-51(44)43-16-8-11-19-49(43)56-50)55(36-24-26-41-39-14-6-9-17-45(39)53(4,5)47(41)31-36)37-25-27-42-40-15-7-10-18-46(40)54(48(42)32-37)28-12-13-29-54/h6-11,14-27,30-33H,12-13,28-29H2,1-5H3. The molecule has 0 unspecified atom stereocenters. The van der Waals surface area contributed by atoms with Gasteiger partial charge in [0.05, 0.1) is 5.69 Å². The minimum Gasteiger partial charge on any atom is -0.456 e. The maximum Gasteiger partial charge on any atom is 0.138 e. The normalized spacial score (nSPS) is 15.9. The summed E-state index contributed by atoms with van der Waals surface area (Å²) in [7, 11) is 0. The van der Waals surface area contributed by atoms with Crippen molar-refractivity contribution in [2.75, 3.05) is 4.90 Å². The van der Waals surface area contributed by atoms with E-state index < -0.39 is 0 Å². The Morgan fingerprint density at radius 1 is 0.500 bits per heavy atom. The molecule has 2 heteroatoms. The molecule has 56 heavy (non-hydrogen) atoms. The average molecular weight is 726 g/mol. The lowest BCUT2D eigenvalue weighted by molar-refractivity contribution is 0.550. The highest BCUT2D eigenvalue weighted by atomic mass is 16.3. The molecule has 1 saturated carbocycles. The van der Waals surface area contributed by atoms with Gasteiger partial charge in [0.1, 0.15) is 11.2 Å². The molecule has 1 spiro atoms. The molecule has 1 fully saturated rings. The van der Waals surface area contributed by atoms with Crippen molar-refractivity contribution in [3.8, 4) is 33.4 Å². The van der Waals surface area contributed by atoms with Gasteiger partial charge in [-0.1, -0.05) is 151 Å². The van der Waals surface area contributed by atoms with Gasteiger partial charge in [0.2, 0.25) is 0 Å². The van der Waals surface area contributed by atoms with E-state index in [1.807, 2.05) is 0 Å². The highest BCUT2D eigenvalue weighted by molar-refractivity contribution is 6.14. The van der Waals surface area contributed by atoms with Crippen LogP contribution in [-0.2, 0) is 16.2 Å². The predicted molar refractivity (Wildman–Crippen MR) is 235 cm³/mol. The van der Waals surface area contributed by atoms with Gasteiger partial charge in [0.25, 0.3) is 0 Å². The van der Waals surface area contributed by atoms with Crippen molar-refractivity contribution < 1.29 is 4.42 Å². The van der Waals surface area contributed by atoms with Gasteiger partial charge in [-0.25, -0.2) is 0 Å². The molecule has 0 saturated heterocycles. The van der Waals surface area contributed by atoms with Crippen molar-refractivity contribution in [3.63, 3.8) is 0 Å². The van der Waals surface area contributed by atoms with Gasteiger partial charge in [0.15, 0.2) is 0 Å². The molecule has 0 amide bonds. The molecule has 11 rings (SSSR count). The van der Waals surface area contributed by atoms with E-state index >= 15 is 0 Å². The van der Waals surface area contributed by atoms with Gasteiger partial charge in [-0.05, 0) is 116 Å². The molecule has 0 aliphatic heterocycles. The van der Waals surface area contributed by atoms with Crippen molar-refractivity contribution in [2.45, 2.75) is 76.5 Å². The number of para-hydroxylation sites is 1. The van der Waals surface area contributed by atoms with E-state index in [0.29, 0.717) is 0 Å². The maximum atomic E-state index is 6.77. The van der Waals surface area contributed by atoms with E-state index in [0.717, 1.165) is 33.3 Å². The molecule has 3 aliphatic rings. The van der Waals surface area contributed by atoms with Crippen LogP contribution in [0.15, 0.2) is 150 Å². The zero-order valence-electron chi connectivity index (χ0n) is 33.0. The third-order valence-electron chi connectivity index (χ3n) is 13.6. The number of fused-ring (bicyclic) bond motifs is 11. The summed E-state index contributed by atoms with van der Waals surface area (Å²) in [5.74, 6) is 0. The first-order valence-corrected chi connectivity index (χ1v) is 20.5. The molecule has 0 atom stereocenters. The van der Waals surface area contributed by atoms with Gasteiger partial charge < -0.3 is 9.32 Å². The fourth-order valence-electron chi connectivity index (χ4n) is 10.7. The Labute approximate surface area is 330 Å². The molecule has 1 heterocycles. The van der Waals surface area contributed by atoms with E-state index in [1.165, 1.54) is 92.6 Å². The third-order valence-corrected chi connectivity index (χ3v) is 13.6. The summed E-state index contributed by atoms with van der Waals surface area (Å²) in [6.07, 6.45) is 4.93. The van der Waals surface area contributed by atoms with Crippen LogP contribution in [0.2, 0.25) is 0 Å². The summed E-state index contributed by atoms with van der Waals surface area (Å²) in [4.78, 5) is 2.50. The highest BCUT2D eigenvalue weighted by Crippen LogP contribution is 2.58. The Balaban J connectivity index is 1.17. The SMILES string of the molecule is CC(C)(C)c1ccc(-c2cc(N(c3ccc4c(c3)C(C)(C)c3ccccc3-4)c3ccc4c(c3)C3(CCCC3)c3ccccc3-4)cc3oc4ccccc4c23)cc1. The summed E-state index contributed by atoms with van der Waals surface area (Å²) in [6, 6.07) is 55.0. The fourth-order valence-corrected chi connectivity index (χ4v) is 10.7. The van der Waals surface area contributed by atoms with Crippen molar-refractivity contribution in [1.29, 1.82) is 0 Å². The molecule has 274 valence electrons. The van der Waals surface area contributed by atoms with Crippen LogP contribution in [0.4, 0.5) is 17.1 Å². The number of furan rings is 1. The van der Waals surface area contributed by atoms with E-state index in [2.05, 4.69) is 185 Å². The second kappa shape index (κ2) is 11.8. The molecule has 1 aromatic heterocycles. The van der Waals surface area contributed by atoms with E-state index in [-0.39, 0.29) is 16.2 Å². The highest BCUT2D eigenvalue weighted by Gasteiger charge is 2.45. The van der Waals surface area contributed by atoms with Gasteiger partial charge >= 0.3 is 0 Å². The number of hydrogen-bond donors (Lipinski definition) is 0. The summed E-state index contributed by atoms with van der Waals surface area (Å²) in [5.41, 5.74) is 20.2. The van der Waals surface area contributed by atoms with Crippen LogP contribution < -0.4 is 4.90 Å². The smallest absolute Gasteiger partial charge is 0.138 e. The molecule has 2 nitrogen and oxygen atoms in total. The zero-order valence-corrected chi connectivity index (χ0v) is 33.0. The molecule has 3 aliphatic carbocycles. The van der Waals surface area contributed by atoms with Crippen LogP contribution in [0.1, 0.15) is 88.1 Å². The molecule has 8 aromatic rings. The van der Waals surface area contributed by atoms with E-state index in [9.17, 15) is 0 Å². The summed E-state index contributed by atoms with van der Waals surface area (Å²) < 4.78 is 6.77. The van der Waals surface area contributed by atoms with Crippen molar-refractivity contribution in [3.05, 3.63) is 173 Å². The first-order chi connectivity index (χ1) is 27.1. The largest absolute Gasteiger partial charge is 0.456 e. The second-order valence-corrected chi connectivity index (χ2v) is 18.1. The van der Waals surface area contributed by atoms with Gasteiger partial charge in [-0.2, -0.15) is 0 Å².